The van der Waals surface area contributed by atoms with Crippen LogP contribution in [0.15, 0.2) is 48.7 Å². The van der Waals surface area contributed by atoms with Gasteiger partial charge < -0.3 is 20.1 Å². The molecule has 0 aliphatic heterocycles. The molecule has 0 saturated heterocycles. The number of nitrogens with one attached hydrogen (secondary N) is 2. The summed E-state index contributed by atoms with van der Waals surface area (Å²) in [4.78, 5) is 7.68. The third-order valence-corrected chi connectivity index (χ3v) is 4.20. The third kappa shape index (κ3) is 4.34. The summed E-state index contributed by atoms with van der Waals surface area (Å²) < 4.78 is 49.8. The highest BCUT2D eigenvalue weighted by atomic mass is 19.4. The van der Waals surface area contributed by atoms with Crippen molar-refractivity contribution in [1.82, 2.24) is 9.97 Å². The molecule has 0 aliphatic rings. The Hall–Kier alpha value is -3.49. The zero-order valence-corrected chi connectivity index (χ0v) is 16.0. The van der Waals surface area contributed by atoms with Gasteiger partial charge in [0.2, 0.25) is 5.95 Å². The first kappa shape index (κ1) is 20.2. The van der Waals surface area contributed by atoms with Crippen molar-refractivity contribution in [3.8, 4) is 22.6 Å². The Labute approximate surface area is 165 Å². The number of nitrogens with zero attached hydrogens (tertiary/aromatic N) is 2. The second-order valence-corrected chi connectivity index (χ2v) is 5.94. The zero-order chi connectivity index (χ0) is 21.0. The lowest BCUT2D eigenvalue weighted by molar-refractivity contribution is -0.137. The molecule has 6 nitrogen and oxygen atoms in total. The van der Waals surface area contributed by atoms with E-state index < -0.39 is 11.7 Å². The second kappa shape index (κ2) is 8.26. The Bertz CT molecular complexity index is 1010. The third-order valence-electron chi connectivity index (χ3n) is 4.20. The Morgan fingerprint density at radius 2 is 1.69 bits per heavy atom. The molecule has 0 amide bonds. The molecule has 0 saturated carbocycles. The van der Waals surface area contributed by atoms with E-state index in [1.165, 1.54) is 14.2 Å². The van der Waals surface area contributed by atoms with Crippen molar-refractivity contribution < 1.29 is 22.6 Å². The Morgan fingerprint density at radius 1 is 0.966 bits per heavy atom. The number of benzene rings is 2. The van der Waals surface area contributed by atoms with Crippen molar-refractivity contribution in [3.63, 3.8) is 0 Å². The van der Waals surface area contributed by atoms with E-state index in [2.05, 4.69) is 20.6 Å². The van der Waals surface area contributed by atoms with Crippen LogP contribution in [0.3, 0.4) is 0 Å². The van der Waals surface area contributed by atoms with Crippen LogP contribution in [0.2, 0.25) is 0 Å². The molecule has 2 N–H and O–H groups in total. The van der Waals surface area contributed by atoms with Crippen LogP contribution in [0, 0.1) is 0 Å². The lowest BCUT2D eigenvalue weighted by Crippen LogP contribution is -2.12. The van der Waals surface area contributed by atoms with Gasteiger partial charge in [0.1, 0.15) is 22.9 Å². The zero-order valence-electron chi connectivity index (χ0n) is 16.0. The maximum atomic E-state index is 13.0. The Kier molecular flexibility index (Phi) is 5.76. The molecule has 3 rings (SSSR count). The molecular weight excluding hydrogens is 385 g/mol. The SMILES string of the molecule is CNc1nc(Nc2ccc(-c3ccccc3OC)cc2OC)ncc1C(F)(F)F. The number of hydrogen-bond donors (Lipinski definition) is 2. The van der Waals surface area contributed by atoms with E-state index in [1.54, 1.807) is 19.2 Å². The molecule has 1 aromatic heterocycles. The lowest BCUT2D eigenvalue weighted by atomic mass is 10.0. The van der Waals surface area contributed by atoms with Crippen LogP contribution in [-0.4, -0.2) is 31.2 Å². The van der Waals surface area contributed by atoms with Gasteiger partial charge in [-0.25, -0.2) is 4.98 Å². The number of para-hydroxylation sites is 1. The molecular formula is C20H19F3N4O2. The van der Waals surface area contributed by atoms with E-state index in [4.69, 9.17) is 9.47 Å². The summed E-state index contributed by atoms with van der Waals surface area (Å²) in [5, 5.41) is 5.34. The predicted octanol–water partition coefficient (Wildman–Crippen LogP) is 4.96. The van der Waals surface area contributed by atoms with E-state index in [0.29, 0.717) is 17.2 Å². The van der Waals surface area contributed by atoms with Gasteiger partial charge in [-0.05, 0) is 23.8 Å². The van der Waals surface area contributed by atoms with Gasteiger partial charge in [0.05, 0.1) is 19.9 Å². The van der Waals surface area contributed by atoms with Gasteiger partial charge in [-0.2, -0.15) is 18.2 Å². The maximum absolute atomic E-state index is 13.0. The highest BCUT2D eigenvalue weighted by Crippen LogP contribution is 2.37. The number of halogens is 3. The van der Waals surface area contributed by atoms with Crippen LogP contribution in [0.1, 0.15) is 5.56 Å². The molecule has 3 aromatic rings. The van der Waals surface area contributed by atoms with Gasteiger partial charge in [0.15, 0.2) is 0 Å². The largest absolute Gasteiger partial charge is 0.496 e. The van der Waals surface area contributed by atoms with Crippen LogP contribution in [0.4, 0.5) is 30.6 Å². The van der Waals surface area contributed by atoms with Gasteiger partial charge >= 0.3 is 6.18 Å². The molecule has 0 atom stereocenters. The summed E-state index contributed by atoms with van der Waals surface area (Å²) >= 11 is 0. The number of ether oxygens (including phenoxy) is 2. The first-order valence-electron chi connectivity index (χ1n) is 8.57. The summed E-state index contributed by atoms with van der Waals surface area (Å²) in [6.07, 6.45) is -3.82. The minimum absolute atomic E-state index is 0.00527. The van der Waals surface area contributed by atoms with Gasteiger partial charge in [0.25, 0.3) is 0 Å². The first-order chi connectivity index (χ1) is 13.9. The summed E-state index contributed by atoms with van der Waals surface area (Å²) in [5.41, 5.74) is 1.30. The van der Waals surface area contributed by atoms with Crippen LogP contribution >= 0.6 is 0 Å². The number of anilines is 3. The van der Waals surface area contributed by atoms with Crippen molar-refractivity contribution in [1.29, 1.82) is 0 Å². The summed E-state index contributed by atoms with van der Waals surface area (Å²) in [7, 11) is 4.45. The number of aromatic nitrogens is 2. The van der Waals surface area contributed by atoms with E-state index >= 15 is 0 Å². The average molecular weight is 404 g/mol. The van der Waals surface area contributed by atoms with Gasteiger partial charge in [-0.1, -0.05) is 24.3 Å². The fourth-order valence-corrected chi connectivity index (χ4v) is 2.81. The fraction of sp³-hybridized carbons (Fsp3) is 0.200. The van der Waals surface area contributed by atoms with Crippen LogP contribution in [-0.2, 0) is 6.18 Å². The highest BCUT2D eigenvalue weighted by molar-refractivity contribution is 5.76. The van der Waals surface area contributed by atoms with Crippen molar-refractivity contribution in [2.75, 3.05) is 31.9 Å². The molecule has 0 unspecified atom stereocenters. The molecule has 2 aromatic carbocycles. The quantitative estimate of drug-likeness (QED) is 0.605. The molecule has 0 radical (unpaired) electrons. The minimum Gasteiger partial charge on any atom is -0.496 e. The summed E-state index contributed by atoms with van der Waals surface area (Å²) in [5.74, 6) is 0.869. The minimum atomic E-state index is -4.55. The van der Waals surface area contributed by atoms with Crippen LogP contribution in [0.5, 0.6) is 11.5 Å². The highest BCUT2D eigenvalue weighted by Gasteiger charge is 2.35. The van der Waals surface area contributed by atoms with Gasteiger partial charge in [0, 0.05) is 18.8 Å². The van der Waals surface area contributed by atoms with Gasteiger partial charge in [-0.3, -0.25) is 0 Å². The summed E-state index contributed by atoms with van der Waals surface area (Å²) in [6.45, 7) is 0. The number of rotatable bonds is 6. The molecule has 9 heteroatoms. The first-order valence-corrected chi connectivity index (χ1v) is 8.57. The number of hydrogen-bond acceptors (Lipinski definition) is 6. The molecule has 152 valence electrons. The van der Waals surface area contributed by atoms with Gasteiger partial charge in [-0.15, -0.1) is 0 Å². The molecule has 1 heterocycles. The molecule has 0 aliphatic carbocycles. The molecule has 29 heavy (non-hydrogen) atoms. The number of methoxy groups -OCH3 is 2. The van der Waals surface area contributed by atoms with Crippen molar-refractivity contribution >= 4 is 17.5 Å². The lowest BCUT2D eigenvalue weighted by Gasteiger charge is -2.15. The smallest absolute Gasteiger partial charge is 0.421 e. The van der Waals surface area contributed by atoms with Crippen LogP contribution < -0.4 is 20.1 Å². The molecule has 0 bridgehead atoms. The molecule has 0 spiro atoms. The average Bonchev–Trinajstić information content (AvgIpc) is 2.73. The summed E-state index contributed by atoms with van der Waals surface area (Å²) in [6, 6.07) is 12.9. The maximum Gasteiger partial charge on any atom is 0.421 e. The monoisotopic (exact) mass is 404 g/mol. The topological polar surface area (TPSA) is 68.3 Å². The van der Waals surface area contributed by atoms with E-state index in [1.807, 2.05) is 30.3 Å². The standard InChI is InChI=1S/C20H19F3N4O2/c1-24-18-14(20(21,22)23)11-25-19(27-18)26-15-9-8-12(10-17(15)29-3)13-6-4-5-7-16(13)28-2/h4-11H,1-3H3,(H2,24,25,26,27). The Morgan fingerprint density at radius 3 is 2.34 bits per heavy atom. The predicted molar refractivity (Wildman–Crippen MR) is 105 cm³/mol. The van der Waals surface area contributed by atoms with Crippen molar-refractivity contribution in [3.05, 3.63) is 54.2 Å². The van der Waals surface area contributed by atoms with Crippen LogP contribution in [0.25, 0.3) is 11.1 Å². The fourth-order valence-electron chi connectivity index (χ4n) is 2.81. The van der Waals surface area contributed by atoms with Crippen molar-refractivity contribution in [2.45, 2.75) is 6.18 Å². The van der Waals surface area contributed by atoms with E-state index in [0.717, 1.165) is 17.3 Å². The number of alkyl halides is 3. The van der Waals surface area contributed by atoms with Crippen molar-refractivity contribution in [2.24, 2.45) is 0 Å². The second-order valence-electron chi connectivity index (χ2n) is 5.94. The Balaban J connectivity index is 1.94. The normalized spacial score (nSPS) is 11.1. The van der Waals surface area contributed by atoms with E-state index in [-0.39, 0.29) is 11.8 Å². The van der Waals surface area contributed by atoms with E-state index in [9.17, 15) is 13.2 Å². The molecule has 0 fully saturated rings.